The highest BCUT2D eigenvalue weighted by atomic mass is 35.5. The second kappa shape index (κ2) is 4.41. The van der Waals surface area contributed by atoms with Crippen molar-refractivity contribution in [1.29, 1.82) is 0 Å². The van der Waals surface area contributed by atoms with Crippen molar-refractivity contribution in [2.75, 3.05) is 6.54 Å². The Morgan fingerprint density at radius 2 is 2.19 bits per heavy atom. The number of nitrogens with one attached hydrogen (secondary N) is 2. The molecule has 0 aliphatic rings. The first-order valence-corrected chi connectivity index (χ1v) is 5.24. The molecule has 1 aromatic carbocycles. The first-order chi connectivity index (χ1) is 7.68. The van der Waals surface area contributed by atoms with Crippen LogP contribution in [-0.2, 0) is 0 Å². The van der Waals surface area contributed by atoms with Gasteiger partial charge in [-0.05, 0) is 6.07 Å². The van der Waals surface area contributed by atoms with Gasteiger partial charge in [-0.3, -0.25) is 4.79 Å². The van der Waals surface area contributed by atoms with Gasteiger partial charge in [0.25, 0.3) is 5.91 Å². The second-order valence-corrected chi connectivity index (χ2v) is 3.98. The van der Waals surface area contributed by atoms with Crippen LogP contribution in [0, 0.1) is 0 Å². The van der Waals surface area contributed by atoms with Crippen LogP contribution in [0.25, 0.3) is 10.9 Å². The Hall–Kier alpha value is -1.74. The lowest BCUT2D eigenvalue weighted by Gasteiger charge is -2.02. The minimum Gasteiger partial charge on any atom is -0.360 e. The summed E-state index contributed by atoms with van der Waals surface area (Å²) in [5.41, 5.74) is 1.56. The Bertz CT molecular complexity index is 545. The Kier molecular flexibility index (Phi) is 2.97. The molecule has 82 valence electrons. The molecule has 2 aromatic rings. The number of carbonyl (C=O) groups is 1. The lowest BCUT2D eigenvalue weighted by atomic mass is 10.1. The number of carbonyl (C=O) groups excluding carboxylic acids is 1. The summed E-state index contributed by atoms with van der Waals surface area (Å²) in [6.45, 7) is 3.79. The Morgan fingerprint density at radius 1 is 1.44 bits per heavy atom. The smallest absolute Gasteiger partial charge is 0.253 e. The molecule has 1 amide bonds. The third-order valence-electron chi connectivity index (χ3n) is 2.27. The SMILES string of the molecule is C=C(Cl)CNC(=O)c1c[nH]c2ccccc12. The summed E-state index contributed by atoms with van der Waals surface area (Å²) in [5.74, 6) is -0.153. The van der Waals surface area contributed by atoms with E-state index >= 15 is 0 Å². The van der Waals surface area contributed by atoms with E-state index in [1.807, 2.05) is 24.3 Å². The molecule has 0 aliphatic carbocycles. The highest BCUT2D eigenvalue weighted by Crippen LogP contribution is 2.17. The van der Waals surface area contributed by atoms with Crippen LogP contribution < -0.4 is 5.32 Å². The van der Waals surface area contributed by atoms with Crippen LogP contribution in [-0.4, -0.2) is 17.4 Å². The maximum Gasteiger partial charge on any atom is 0.253 e. The minimum absolute atomic E-state index is 0.153. The molecule has 0 saturated carbocycles. The molecule has 1 heterocycles. The molecular formula is C12H11ClN2O. The van der Waals surface area contributed by atoms with E-state index in [-0.39, 0.29) is 12.5 Å². The van der Waals surface area contributed by atoms with Crippen LogP contribution in [0.3, 0.4) is 0 Å². The van der Waals surface area contributed by atoms with Crippen molar-refractivity contribution in [2.45, 2.75) is 0 Å². The van der Waals surface area contributed by atoms with Crippen molar-refractivity contribution < 1.29 is 4.79 Å². The van der Waals surface area contributed by atoms with E-state index in [1.54, 1.807) is 6.20 Å². The largest absolute Gasteiger partial charge is 0.360 e. The van der Waals surface area contributed by atoms with E-state index in [2.05, 4.69) is 16.9 Å². The summed E-state index contributed by atoms with van der Waals surface area (Å²) >= 11 is 5.58. The third kappa shape index (κ3) is 2.09. The normalized spacial score (nSPS) is 10.3. The average molecular weight is 235 g/mol. The van der Waals surface area contributed by atoms with Gasteiger partial charge in [-0.25, -0.2) is 0 Å². The first kappa shape index (κ1) is 10.8. The number of hydrogen-bond acceptors (Lipinski definition) is 1. The molecule has 3 nitrogen and oxygen atoms in total. The average Bonchev–Trinajstić information content (AvgIpc) is 2.69. The molecule has 0 spiro atoms. The standard InChI is InChI=1S/C12H11ClN2O/c1-8(13)6-15-12(16)10-7-14-11-5-3-2-4-9(10)11/h2-5,7,14H,1,6H2,(H,15,16). The van der Waals surface area contributed by atoms with Gasteiger partial charge in [0, 0.05) is 22.1 Å². The molecule has 0 radical (unpaired) electrons. The first-order valence-electron chi connectivity index (χ1n) is 4.86. The zero-order chi connectivity index (χ0) is 11.5. The fourth-order valence-electron chi connectivity index (χ4n) is 1.53. The van der Waals surface area contributed by atoms with Crippen molar-refractivity contribution in [2.24, 2.45) is 0 Å². The second-order valence-electron chi connectivity index (χ2n) is 3.45. The Balaban J connectivity index is 2.26. The van der Waals surface area contributed by atoms with Gasteiger partial charge in [0.15, 0.2) is 0 Å². The van der Waals surface area contributed by atoms with Gasteiger partial charge in [-0.2, -0.15) is 0 Å². The van der Waals surface area contributed by atoms with Crippen molar-refractivity contribution in [3.8, 4) is 0 Å². The molecule has 0 fully saturated rings. The highest BCUT2D eigenvalue weighted by Gasteiger charge is 2.10. The molecule has 0 aliphatic heterocycles. The summed E-state index contributed by atoms with van der Waals surface area (Å²) in [5, 5.41) is 4.00. The van der Waals surface area contributed by atoms with Gasteiger partial charge in [0.2, 0.25) is 0 Å². The quantitative estimate of drug-likeness (QED) is 0.843. The number of rotatable bonds is 3. The van der Waals surface area contributed by atoms with Crippen molar-refractivity contribution in [3.63, 3.8) is 0 Å². The lowest BCUT2D eigenvalue weighted by molar-refractivity contribution is 0.0959. The molecular weight excluding hydrogens is 224 g/mol. The van der Waals surface area contributed by atoms with E-state index in [1.165, 1.54) is 0 Å². The summed E-state index contributed by atoms with van der Waals surface area (Å²) in [7, 11) is 0. The van der Waals surface area contributed by atoms with Crippen LogP contribution in [0.2, 0.25) is 0 Å². The van der Waals surface area contributed by atoms with E-state index < -0.39 is 0 Å². The number of amides is 1. The number of para-hydroxylation sites is 1. The summed E-state index contributed by atoms with van der Waals surface area (Å²) in [4.78, 5) is 14.8. The minimum atomic E-state index is -0.153. The van der Waals surface area contributed by atoms with Crippen LogP contribution in [0.4, 0.5) is 0 Å². The zero-order valence-corrected chi connectivity index (χ0v) is 9.34. The number of H-pyrrole nitrogens is 1. The molecule has 2 rings (SSSR count). The van der Waals surface area contributed by atoms with Gasteiger partial charge in [0.05, 0.1) is 12.1 Å². The molecule has 0 saturated heterocycles. The van der Waals surface area contributed by atoms with Gasteiger partial charge in [-0.15, -0.1) is 0 Å². The van der Waals surface area contributed by atoms with Crippen molar-refractivity contribution in [3.05, 3.63) is 47.6 Å². The van der Waals surface area contributed by atoms with Gasteiger partial charge in [-0.1, -0.05) is 36.4 Å². The number of aromatic amines is 1. The van der Waals surface area contributed by atoms with Crippen molar-refractivity contribution >= 4 is 28.4 Å². The van der Waals surface area contributed by atoms with Crippen LogP contribution in [0.15, 0.2) is 42.1 Å². The molecule has 0 unspecified atom stereocenters. The lowest BCUT2D eigenvalue weighted by Crippen LogP contribution is -2.24. The number of benzene rings is 1. The van der Waals surface area contributed by atoms with Crippen LogP contribution in [0.1, 0.15) is 10.4 Å². The predicted molar refractivity (Wildman–Crippen MR) is 65.6 cm³/mol. The summed E-state index contributed by atoms with van der Waals surface area (Å²) < 4.78 is 0. The fourth-order valence-corrected chi connectivity index (χ4v) is 1.60. The van der Waals surface area contributed by atoms with E-state index in [0.29, 0.717) is 10.6 Å². The monoisotopic (exact) mass is 234 g/mol. The predicted octanol–water partition coefficient (Wildman–Crippen LogP) is 2.65. The number of hydrogen-bond donors (Lipinski definition) is 2. The molecule has 0 atom stereocenters. The zero-order valence-electron chi connectivity index (χ0n) is 8.59. The summed E-state index contributed by atoms with van der Waals surface area (Å²) in [6.07, 6.45) is 1.69. The Morgan fingerprint density at radius 3 is 2.94 bits per heavy atom. The van der Waals surface area contributed by atoms with Crippen molar-refractivity contribution in [1.82, 2.24) is 10.3 Å². The van der Waals surface area contributed by atoms with Gasteiger partial charge < -0.3 is 10.3 Å². The number of fused-ring (bicyclic) bond motifs is 1. The molecule has 0 bridgehead atoms. The number of aromatic nitrogens is 1. The fraction of sp³-hybridized carbons (Fsp3) is 0.0833. The maximum absolute atomic E-state index is 11.8. The van der Waals surface area contributed by atoms with Gasteiger partial charge in [0.1, 0.15) is 0 Å². The van der Waals surface area contributed by atoms with Gasteiger partial charge >= 0.3 is 0 Å². The molecule has 2 N–H and O–H groups in total. The third-order valence-corrected chi connectivity index (χ3v) is 2.41. The van der Waals surface area contributed by atoms with E-state index in [9.17, 15) is 4.79 Å². The topological polar surface area (TPSA) is 44.9 Å². The van der Waals surface area contributed by atoms with Crippen LogP contribution >= 0.6 is 11.6 Å². The number of halogens is 1. The Labute approximate surface area is 98.1 Å². The molecule has 4 heteroatoms. The summed E-state index contributed by atoms with van der Waals surface area (Å²) in [6, 6.07) is 7.64. The molecule has 1 aromatic heterocycles. The maximum atomic E-state index is 11.8. The van der Waals surface area contributed by atoms with E-state index in [4.69, 9.17) is 11.6 Å². The van der Waals surface area contributed by atoms with E-state index in [0.717, 1.165) is 10.9 Å². The highest BCUT2D eigenvalue weighted by molar-refractivity contribution is 6.29. The van der Waals surface area contributed by atoms with Crippen LogP contribution in [0.5, 0.6) is 0 Å². The molecule has 16 heavy (non-hydrogen) atoms.